The van der Waals surface area contributed by atoms with Gasteiger partial charge in [0.25, 0.3) is 0 Å². The summed E-state index contributed by atoms with van der Waals surface area (Å²) in [4.78, 5) is 16.8. The molecule has 0 bridgehead atoms. The van der Waals surface area contributed by atoms with Crippen molar-refractivity contribution >= 4 is 119 Å². The lowest BCUT2D eigenvalue weighted by molar-refractivity contribution is 0.669. The minimum absolute atomic E-state index is 0.557. The van der Waals surface area contributed by atoms with Crippen LogP contribution in [0, 0.1) is 0 Å². The first kappa shape index (κ1) is 35.8. The largest absolute Gasteiger partial charge is 0.456 e. The number of aromatic nitrogens is 4. The number of thiophene rings is 1. The predicted molar refractivity (Wildman–Crippen MR) is 273 cm³/mol. The quantitative estimate of drug-likeness (QED) is 0.176. The smallest absolute Gasteiger partial charge is 0.166 e. The fourth-order valence-corrected chi connectivity index (χ4v) is 11.8. The van der Waals surface area contributed by atoms with E-state index in [4.69, 9.17) is 23.8 Å². The number of hydrogen-bond acceptors (Lipinski definition) is 6. The van der Waals surface area contributed by atoms with Crippen LogP contribution in [-0.2, 0) is 0 Å². The van der Waals surface area contributed by atoms with Gasteiger partial charge in [-0.2, -0.15) is 0 Å². The molecule has 0 aliphatic carbocycles. The summed E-state index contributed by atoms with van der Waals surface area (Å²) >= 11 is 1.79. The molecule has 0 saturated carbocycles. The number of benzene rings is 10. The number of nitrogens with zero attached hydrogens (tertiary/aromatic N) is 4. The molecule has 0 saturated heterocycles. The summed E-state index contributed by atoms with van der Waals surface area (Å²) in [5.74, 6) is 1.71. The second kappa shape index (κ2) is 13.4. The summed E-state index contributed by atoms with van der Waals surface area (Å²) in [6.45, 7) is 0. The highest BCUT2D eigenvalue weighted by Crippen LogP contribution is 2.49. The summed E-state index contributed by atoms with van der Waals surface area (Å²) in [6.07, 6.45) is 0. The van der Waals surface area contributed by atoms with Crippen molar-refractivity contribution in [3.05, 3.63) is 194 Å². The van der Waals surface area contributed by atoms with Crippen molar-refractivity contribution in [2.45, 2.75) is 0 Å². The van der Waals surface area contributed by atoms with Crippen molar-refractivity contribution in [2.24, 2.45) is 0 Å². The maximum absolute atomic E-state index is 6.96. The lowest BCUT2D eigenvalue weighted by Crippen LogP contribution is -2.05. The van der Waals surface area contributed by atoms with Gasteiger partial charge in [-0.25, -0.2) is 15.0 Å². The minimum atomic E-state index is 0.557. The topological polar surface area (TPSA) is 69.9 Å². The first-order valence-electron chi connectivity index (χ1n) is 22.1. The number of furan rings is 2. The highest BCUT2D eigenvalue weighted by atomic mass is 32.1. The number of hydrogen-bond donors (Lipinski definition) is 0. The minimum Gasteiger partial charge on any atom is -0.456 e. The zero-order chi connectivity index (χ0) is 43.0. The highest BCUT2D eigenvalue weighted by Gasteiger charge is 2.29. The van der Waals surface area contributed by atoms with E-state index in [1.54, 1.807) is 11.3 Å². The number of rotatable bonds is 4. The van der Waals surface area contributed by atoms with Gasteiger partial charge in [0.15, 0.2) is 17.5 Å². The average molecular weight is 861 g/mol. The zero-order valence-corrected chi connectivity index (χ0v) is 35.8. The molecule has 6 nitrogen and oxygen atoms in total. The monoisotopic (exact) mass is 860 g/mol. The molecular formula is C59H32N4O2S. The first-order valence-corrected chi connectivity index (χ1v) is 22.9. The fourth-order valence-electron chi connectivity index (χ4n) is 10.6. The average Bonchev–Trinajstić information content (AvgIpc) is 4.14. The van der Waals surface area contributed by atoms with Crippen molar-refractivity contribution < 1.29 is 8.83 Å². The lowest BCUT2D eigenvalue weighted by atomic mass is 9.96. The molecule has 5 aromatic heterocycles. The van der Waals surface area contributed by atoms with Crippen LogP contribution in [0.25, 0.3) is 147 Å². The summed E-state index contributed by atoms with van der Waals surface area (Å²) < 4.78 is 18.3. The van der Waals surface area contributed by atoms with E-state index in [2.05, 4.69) is 168 Å². The van der Waals surface area contributed by atoms with Gasteiger partial charge in [-0.3, -0.25) is 0 Å². The van der Waals surface area contributed by atoms with E-state index in [9.17, 15) is 0 Å². The molecule has 306 valence electrons. The number of fused-ring (bicyclic) bond motifs is 15. The van der Waals surface area contributed by atoms with Crippen molar-refractivity contribution in [1.82, 2.24) is 19.5 Å². The van der Waals surface area contributed by atoms with E-state index >= 15 is 0 Å². The van der Waals surface area contributed by atoms with Gasteiger partial charge >= 0.3 is 0 Å². The molecular weight excluding hydrogens is 829 g/mol. The molecule has 0 radical (unpaired) electrons. The molecule has 0 atom stereocenters. The van der Waals surface area contributed by atoms with Gasteiger partial charge < -0.3 is 13.4 Å². The molecule has 66 heavy (non-hydrogen) atoms. The Labute approximate surface area is 379 Å². The summed E-state index contributed by atoms with van der Waals surface area (Å²) in [5.41, 5.74) is 9.02. The van der Waals surface area contributed by atoms with Crippen molar-refractivity contribution in [3.63, 3.8) is 0 Å². The lowest BCUT2D eigenvalue weighted by Gasteiger charge is -2.19. The SMILES string of the molecule is c1ccc2cc3c(cc2c1)c1ccccc1n3-c1c(-c2nc(-c3cccc4oc5ccccc5c34)nc(-c3cccc4sc5ccccc5c34)n2)c2ccccc2c2oc3ccccc3c12. The third kappa shape index (κ3) is 4.97. The predicted octanol–water partition coefficient (Wildman–Crippen LogP) is 16.4. The molecule has 0 aliphatic heterocycles. The molecule has 10 aromatic carbocycles. The molecule has 0 spiro atoms. The van der Waals surface area contributed by atoms with Crippen LogP contribution in [0.1, 0.15) is 0 Å². The van der Waals surface area contributed by atoms with Gasteiger partial charge in [-0.15, -0.1) is 11.3 Å². The summed E-state index contributed by atoms with van der Waals surface area (Å²) in [6, 6.07) is 68.3. The first-order chi connectivity index (χ1) is 32.7. The van der Waals surface area contributed by atoms with Gasteiger partial charge in [0.05, 0.1) is 27.7 Å². The van der Waals surface area contributed by atoms with Crippen LogP contribution in [0.2, 0.25) is 0 Å². The Balaban J connectivity index is 1.16. The Hall–Kier alpha value is -8.65. The van der Waals surface area contributed by atoms with Crippen LogP contribution in [0.4, 0.5) is 0 Å². The molecule has 7 heteroatoms. The molecule has 15 rings (SSSR count). The van der Waals surface area contributed by atoms with E-state index in [0.29, 0.717) is 17.5 Å². The highest BCUT2D eigenvalue weighted by molar-refractivity contribution is 7.25. The van der Waals surface area contributed by atoms with Crippen LogP contribution < -0.4 is 0 Å². The van der Waals surface area contributed by atoms with Gasteiger partial charge in [0, 0.05) is 63.6 Å². The van der Waals surface area contributed by atoms with Crippen LogP contribution >= 0.6 is 11.3 Å². The molecule has 0 amide bonds. The van der Waals surface area contributed by atoms with Crippen LogP contribution in [0.3, 0.4) is 0 Å². The maximum atomic E-state index is 6.96. The van der Waals surface area contributed by atoms with Crippen LogP contribution in [0.15, 0.2) is 203 Å². The van der Waals surface area contributed by atoms with Gasteiger partial charge in [-0.1, -0.05) is 146 Å². The van der Waals surface area contributed by atoms with E-state index in [0.717, 1.165) is 110 Å². The van der Waals surface area contributed by atoms with E-state index in [-0.39, 0.29) is 0 Å². The number of para-hydroxylation sites is 3. The van der Waals surface area contributed by atoms with Crippen LogP contribution in [0.5, 0.6) is 0 Å². The van der Waals surface area contributed by atoms with E-state index < -0.39 is 0 Å². The van der Waals surface area contributed by atoms with Gasteiger partial charge in [-0.05, 0) is 64.7 Å². The van der Waals surface area contributed by atoms with Crippen LogP contribution in [-0.4, -0.2) is 19.5 Å². The third-order valence-corrected chi connectivity index (χ3v) is 14.6. The Morgan fingerprint density at radius 2 is 0.924 bits per heavy atom. The normalized spacial score (nSPS) is 12.2. The van der Waals surface area contributed by atoms with Crippen molar-refractivity contribution in [3.8, 4) is 39.9 Å². The molecule has 0 N–H and O–H groups in total. The molecule has 15 aromatic rings. The summed E-state index contributed by atoms with van der Waals surface area (Å²) in [5, 5.41) is 12.9. The Morgan fingerprint density at radius 1 is 0.364 bits per heavy atom. The Morgan fingerprint density at radius 3 is 1.73 bits per heavy atom. The van der Waals surface area contributed by atoms with Gasteiger partial charge in [0.1, 0.15) is 22.3 Å². The van der Waals surface area contributed by atoms with Crippen molar-refractivity contribution in [1.29, 1.82) is 0 Å². The third-order valence-electron chi connectivity index (χ3n) is 13.4. The molecule has 0 unspecified atom stereocenters. The van der Waals surface area contributed by atoms with E-state index in [1.807, 2.05) is 30.3 Å². The second-order valence-electron chi connectivity index (χ2n) is 17.0. The fraction of sp³-hybridized carbons (Fsp3) is 0. The van der Waals surface area contributed by atoms with E-state index in [1.165, 1.54) is 20.2 Å². The zero-order valence-electron chi connectivity index (χ0n) is 35.0. The standard InChI is InChI=1S/C59H32N4O2S/c1-2-16-34-32-45-43(31-33(34)15-1)35-17-5-9-25-44(35)63(45)55-53-39-21-7-11-27-47(39)65-56(53)37-19-4-3-18-36(37)54(55)59-61-57(41-23-13-28-48-51(41)38-20-6-10-26-46(38)64-48)60-58(62-59)42-24-14-30-50-52(42)40-22-8-12-29-49(40)66-50/h1-32H. The molecule has 0 fully saturated rings. The Kier molecular flexibility index (Phi) is 7.28. The molecule has 0 aliphatic rings. The Bertz CT molecular complexity index is 4420. The summed E-state index contributed by atoms with van der Waals surface area (Å²) in [7, 11) is 0. The molecule has 5 heterocycles. The second-order valence-corrected chi connectivity index (χ2v) is 18.1. The van der Waals surface area contributed by atoms with Gasteiger partial charge in [0.2, 0.25) is 0 Å². The maximum Gasteiger partial charge on any atom is 0.166 e. The van der Waals surface area contributed by atoms with Crippen molar-refractivity contribution in [2.75, 3.05) is 0 Å².